The van der Waals surface area contributed by atoms with Crippen molar-refractivity contribution in [1.82, 2.24) is 16.1 Å². The molecule has 0 spiro atoms. The van der Waals surface area contributed by atoms with Crippen LogP contribution < -0.4 is 16.1 Å². The van der Waals surface area contributed by atoms with E-state index >= 15 is 0 Å². The molecule has 6 nitrogen and oxygen atoms in total. The van der Waals surface area contributed by atoms with Gasteiger partial charge in [-0.05, 0) is 48.0 Å². The van der Waals surface area contributed by atoms with E-state index in [0.717, 1.165) is 6.07 Å². The first kappa shape index (κ1) is 28.2. The number of hydroxylamine groups is 1. The van der Waals surface area contributed by atoms with Crippen LogP contribution in [0.5, 0.6) is 0 Å². The Labute approximate surface area is 222 Å². The monoisotopic (exact) mass is 571 g/mol. The van der Waals surface area contributed by atoms with E-state index in [1.165, 1.54) is 12.1 Å². The van der Waals surface area contributed by atoms with E-state index in [1.54, 1.807) is 31.2 Å². The summed E-state index contributed by atoms with van der Waals surface area (Å²) in [6, 6.07) is 10.7. The minimum Gasteiger partial charge on any atom is -0.355 e. The number of rotatable bonds is 6. The van der Waals surface area contributed by atoms with Crippen LogP contribution in [-0.2, 0) is 21.4 Å². The van der Waals surface area contributed by atoms with Gasteiger partial charge in [-0.2, -0.15) is 26.3 Å². The molecule has 1 unspecified atom stereocenters. The van der Waals surface area contributed by atoms with Gasteiger partial charge in [0.15, 0.2) is 0 Å². The highest BCUT2D eigenvalue weighted by atomic mass is 35.5. The van der Waals surface area contributed by atoms with Gasteiger partial charge in [0.05, 0.1) is 17.8 Å². The van der Waals surface area contributed by atoms with Gasteiger partial charge in [0.2, 0.25) is 11.5 Å². The van der Waals surface area contributed by atoms with E-state index < -0.39 is 45.9 Å². The van der Waals surface area contributed by atoms with Crippen LogP contribution in [0.3, 0.4) is 0 Å². The molecule has 1 aliphatic heterocycles. The minimum atomic E-state index is -5.19. The molecule has 3 aromatic rings. The van der Waals surface area contributed by atoms with Crippen molar-refractivity contribution in [2.75, 3.05) is 13.1 Å². The Morgan fingerprint density at radius 2 is 1.67 bits per heavy atom. The standard InChI is InChI=1S/C26H20ClF6N3O3/c1-2-34-22(37)13-35-23(38)20-8-7-19(17-5-3-4-6-18(17)20)21-12-24(39-36-21,26(31,32)33)14-9-15(25(28,29)30)11-16(27)10-14/h3-12,36H,2,13H2,1H3,(H,34,37)(H,35,38). The molecule has 0 saturated carbocycles. The summed E-state index contributed by atoms with van der Waals surface area (Å²) in [4.78, 5) is 29.5. The van der Waals surface area contributed by atoms with Crippen molar-refractivity contribution in [3.05, 3.63) is 87.9 Å². The molecule has 4 rings (SSSR count). The molecular weight excluding hydrogens is 552 g/mol. The van der Waals surface area contributed by atoms with Gasteiger partial charge in [-0.3, -0.25) is 19.9 Å². The van der Waals surface area contributed by atoms with Gasteiger partial charge in [0, 0.05) is 28.3 Å². The number of alkyl halides is 6. The third kappa shape index (κ3) is 5.52. The fourth-order valence-electron chi connectivity index (χ4n) is 4.19. The van der Waals surface area contributed by atoms with Crippen LogP contribution in [0.4, 0.5) is 26.3 Å². The highest BCUT2D eigenvalue weighted by Gasteiger charge is 2.60. The average molecular weight is 572 g/mol. The van der Waals surface area contributed by atoms with E-state index in [-0.39, 0.29) is 23.4 Å². The first-order chi connectivity index (χ1) is 18.3. The van der Waals surface area contributed by atoms with Gasteiger partial charge < -0.3 is 10.6 Å². The fourth-order valence-corrected chi connectivity index (χ4v) is 4.43. The smallest absolute Gasteiger partial charge is 0.355 e. The summed E-state index contributed by atoms with van der Waals surface area (Å²) in [5.41, 5.74) is -3.17. The Kier molecular flexibility index (Phi) is 7.55. The Morgan fingerprint density at radius 1 is 0.974 bits per heavy atom. The molecule has 3 aromatic carbocycles. The highest BCUT2D eigenvalue weighted by molar-refractivity contribution is 6.30. The molecule has 0 radical (unpaired) electrons. The zero-order chi connectivity index (χ0) is 28.6. The van der Waals surface area contributed by atoms with Crippen LogP contribution in [0.15, 0.2) is 60.7 Å². The van der Waals surface area contributed by atoms with Gasteiger partial charge in [-0.1, -0.05) is 41.9 Å². The molecule has 2 amide bonds. The number of halogens is 7. The number of carbonyl (C=O) groups excluding carboxylic acids is 2. The lowest BCUT2D eigenvalue weighted by Crippen LogP contribution is -2.42. The molecule has 0 fully saturated rings. The fraction of sp³-hybridized carbons (Fsp3) is 0.231. The molecule has 0 aromatic heterocycles. The van der Waals surface area contributed by atoms with Crippen LogP contribution in [0.25, 0.3) is 16.5 Å². The predicted octanol–water partition coefficient (Wildman–Crippen LogP) is 5.71. The molecule has 13 heteroatoms. The third-order valence-corrected chi connectivity index (χ3v) is 6.21. The van der Waals surface area contributed by atoms with E-state index in [0.29, 0.717) is 35.5 Å². The molecular formula is C26H20ClF6N3O3. The van der Waals surface area contributed by atoms with Crippen LogP contribution in [0, 0.1) is 0 Å². The van der Waals surface area contributed by atoms with Crippen LogP contribution in [0.1, 0.15) is 34.0 Å². The van der Waals surface area contributed by atoms with Crippen LogP contribution >= 0.6 is 11.6 Å². The summed E-state index contributed by atoms with van der Waals surface area (Å²) in [5, 5.41) is 5.18. The SMILES string of the molecule is CCNC(=O)CNC(=O)c1ccc(C2=CC(c3cc(Cl)cc(C(F)(F)F)c3)(C(F)(F)F)ON2)c2ccccc12. The summed E-state index contributed by atoms with van der Waals surface area (Å²) in [6.45, 7) is 1.82. The summed E-state index contributed by atoms with van der Waals surface area (Å²) < 4.78 is 83.3. The maximum absolute atomic E-state index is 14.4. The normalized spacial score (nSPS) is 17.5. The summed E-state index contributed by atoms with van der Waals surface area (Å²) in [7, 11) is 0. The zero-order valence-corrected chi connectivity index (χ0v) is 20.8. The maximum Gasteiger partial charge on any atom is 0.428 e. The molecule has 39 heavy (non-hydrogen) atoms. The topological polar surface area (TPSA) is 79.5 Å². The van der Waals surface area contributed by atoms with Gasteiger partial charge in [0.1, 0.15) is 0 Å². The first-order valence-corrected chi connectivity index (χ1v) is 11.8. The van der Waals surface area contributed by atoms with E-state index in [1.807, 2.05) is 0 Å². The number of benzene rings is 3. The molecule has 1 atom stereocenters. The number of carbonyl (C=O) groups is 2. The van der Waals surface area contributed by atoms with Gasteiger partial charge in [0.25, 0.3) is 5.91 Å². The Bertz CT molecular complexity index is 1470. The largest absolute Gasteiger partial charge is 0.428 e. The average Bonchev–Trinajstić information content (AvgIpc) is 3.33. The van der Waals surface area contributed by atoms with Crippen molar-refractivity contribution in [3.63, 3.8) is 0 Å². The van der Waals surface area contributed by atoms with Gasteiger partial charge >= 0.3 is 12.4 Å². The Morgan fingerprint density at radius 3 is 2.31 bits per heavy atom. The number of amides is 2. The van der Waals surface area contributed by atoms with Gasteiger partial charge in [-0.25, -0.2) is 0 Å². The molecule has 0 saturated heterocycles. The predicted molar refractivity (Wildman–Crippen MR) is 131 cm³/mol. The quantitative estimate of drug-likeness (QED) is 0.331. The number of hydrogen-bond acceptors (Lipinski definition) is 4. The van der Waals surface area contributed by atoms with Crippen LogP contribution in [0.2, 0.25) is 5.02 Å². The maximum atomic E-state index is 14.4. The molecule has 206 valence electrons. The number of fused-ring (bicyclic) bond motifs is 1. The van der Waals surface area contributed by atoms with Crippen molar-refractivity contribution in [3.8, 4) is 0 Å². The van der Waals surface area contributed by atoms with E-state index in [9.17, 15) is 35.9 Å². The molecule has 1 heterocycles. The molecule has 3 N–H and O–H groups in total. The minimum absolute atomic E-state index is 0.157. The molecule has 0 bridgehead atoms. The second kappa shape index (κ2) is 10.4. The molecule has 0 aliphatic carbocycles. The summed E-state index contributed by atoms with van der Waals surface area (Å²) >= 11 is 5.76. The second-order valence-corrected chi connectivity index (χ2v) is 9.00. The summed E-state index contributed by atoms with van der Waals surface area (Å²) in [5.74, 6) is -0.987. The summed E-state index contributed by atoms with van der Waals surface area (Å²) in [6.07, 6.45) is -9.51. The Hall–Kier alpha value is -3.77. The lowest BCUT2D eigenvalue weighted by atomic mass is 9.89. The van der Waals surface area contributed by atoms with Crippen molar-refractivity contribution in [2.24, 2.45) is 0 Å². The zero-order valence-electron chi connectivity index (χ0n) is 20.1. The third-order valence-electron chi connectivity index (χ3n) is 5.99. The molecule has 1 aliphatic rings. The number of hydrogen-bond donors (Lipinski definition) is 3. The van der Waals surface area contributed by atoms with E-state index in [2.05, 4.69) is 16.1 Å². The second-order valence-electron chi connectivity index (χ2n) is 8.56. The van der Waals surface area contributed by atoms with Crippen molar-refractivity contribution >= 4 is 39.9 Å². The van der Waals surface area contributed by atoms with Gasteiger partial charge in [-0.15, -0.1) is 0 Å². The number of nitrogens with one attached hydrogen (secondary N) is 3. The highest BCUT2D eigenvalue weighted by Crippen LogP contribution is 2.49. The van der Waals surface area contributed by atoms with Crippen molar-refractivity contribution < 1.29 is 40.8 Å². The van der Waals surface area contributed by atoms with E-state index in [4.69, 9.17) is 16.4 Å². The first-order valence-electron chi connectivity index (χ1n) is 11.5. The Balaban J connectivity index is 1.80. The lowest BCUT2D eigenvalue weighted by molar-refractivity contribution is -0.269. The van der Waals surface area contributed by atoms with Crippen LogP contribution in [-0.4, -0.2) is 31.1 Å². The van der Waals surface area contributed by atoms with Crippen molar-refractivity contribution in [1.29, 1.82) is 0 Å². The number of likely N-dealkylation sites (N-methyl/N-ethyl adjacent to an activating group) is 1. The lowest BCUT2D eigenvalue weighted by Gasteiger charge is -2.29. The van der Waals surface area contributed by atoms with Crippen molar-refractivity contribution in [2.45, 2.75) is 24.9 Å².